The van der Waals surface area contributed by atoms with Crippen LogP contribution < -0.4 is 20.1 Å². The molecule has 0 aliphatic rings. The first-order valence-electron chi connectivity index (χ1n) is 9.88. The lowest BCUT2D eigenvalue weighted by Gasteiger charge is -2.17. The van der Waals surface area contributed by atoms with Gasteiger partial charge in [0.15, 0.2) is 0 Å². The molecule has 0 atom stereocenters. The molecule has 0 heterocycles. The molecule has 2 N–H and O–H groups in total. The number of benzene rings is 2. The van der Waals surface area contributed by atoms with E-state index >= 15 is 0 Å². The van der Waals surface area contributed by atoms with Crippen LogP contribution >= 0.6 is 0 Å². The van der Waals surface area contributed by atoms with Gasteiger partial charge in [-0.1, -0.05) is 6.92 Å². The first kappa shape index (κ1) is 26.3. The summed E-state index contributed by atoms with van der Waals surface area (Å²) in [5.74, 6) is -0.243. The number of anilines is 2. The summed E-state index contributed by atoms with van der Waals surface area (Å²) in [5.41, 5.74) is -0.791. The van der Waals surface area contributed by atoms with Crippen molar-refractivity contribution < 1.29 is 35.9 Å². The molecule has 0 unspecified atom stereocenters. The third kappa shape index (κ3) is 6.75. The van der Waals surface area contributed by atoms with Gasteiger partial charge >= 0.3 is 6.18 Å². The third-order valence-electron chi connectivity index (χ3n) is 4.43. The van der Waals surface area contributed by atoms with Crippen LogP contribution in [-0.4, -0.2) is 53.0 Å². The Labute approximate surface area is 190 Å². The van der Waals surface area contributed by atoms with E-state index < -0.39 is 34.2 Å². The molecule has 2 aromatic rings. The monoisotopic (exact) mass is 489 g/mol. The van der Waals surface area contributed by atoms with Gasteiger partial charge in [0.2, 0.25) is 15.9 Å². The molecule has 0 aliphatic carbocycles. The van der Waals surface area contributed by atoms with Crippen LogP contribution in [0.3, 0.4) is 0 Å². The van der Waals surface area contributed by atoms with Crippen molar-refractivity contribution in [3.63, 3.8) is 0 Å². The second kappa shape index (κ2) is 10.8. The molecule has 182 valence electrons. The average molecular weight is 490 g/mol. The maximum absolute atomic E-state index is 13.1. The van der Waals surface area contributed by atoms with Crippen molar-refractivity contribution >= 4 is 27.3 Å². The SMILES string of the molecule is CCCOc1ccc(C(F)(F)F)cc1NCC(=O)Nc1cc(S(=O)(=O)N(C)C)ccc1OC. The highest BCUT2D eigenvalue weighted by atomic mass is 32.2. The predicted octanol–water partition coefficient (Wildman–Crippen LogP) is 3.80. The van der Waals surface area contributed by atoms with Gasteiger partial charge in [-0.15, -0.1) is 0 Å². The highest BCUT2D eigenvalue weighted by molar-refractivity contribution is 7.89. The molecule has 12 heteroatoms. The molecule has 0 spiro atoms. The quantitative estimate of drug-likeness (QED) is 0.527. The van der Waals surface area contributed by atoms with Crippen molar-refractivity contribution in [1.82, 2.24) is 4.31 Å². The predicted molar refractivity (Wildman–Crippen MR) is 118 cm³/mol. The van der Waals surface area contributed by atoms with E-state index in [4.69, 9.17) is 9.47 Å². The highest BCUT2D eigenvalue weighted by Crippen LogP contribution is 2.35. The lowest BCUT2D eigenvalue weighted by Crippen LogP contribution is -2.24. The summed E-state index contributed by atoms with van der Waals surface area (Å²) in [6.45, 7) is 1.73. The summed E-state index contributed by atoms with van der Waals surface area (Å²) >= 11 is 0. The summed E-state index contributed by atoms with van der Waals surface area (Å²) in [6, 6.07) is 6.93. The zero-order chi connectivity index (χ0) is 24.8. The standard InChI is InChI=1S/C21H26F3N3O5S/c1-5-10-32-19-8-6-14(21(22,23)24)11-16(19)25-13-20(28)26-17-12-15(7-9-18(17)31-4)33(29,30)27(2)3/h6-9,11-12,25H,5,10,13H2,1-4H3,(H,26,28). The molecule has 0 saturated carbocycles. The minimum Gasteiger partial charge on any atom is -0.495 e. The minimum atomic E-state index is -4.56. The van der Waals surface area contributed by atoms with Crippen molar-refractivity contribution in [3.05, 3.63) is 42.0 Å². The number of ether oxygens (including phenoxy) is 2. The van der Waals surface area contributed by atoms with Crippen molar-refractivity contribution in [2.75, 3.05) is 45.0 Å². The molecule has 0 aromatic heterocycles. The van der Waals surface area contributed by atoms with Crippen LogP contribution in [0.15, 0.2) is 41.3 Å². The normalized spacial score (nSPS) is 11.9. The van der Waals surface area contributed by atoms with Crippen LogP contribution in [0.1, 0.15) is 18.9 Å². The van der Waals surface area contributed by atoms with Gasteiger partial charge in [-0.3, -0.25) is 4.79 Å². The van der Waals surface area contributed by atoms with E-state index in [1.165, 1.54) is 45.5 Å². The largest absolute Gasteiger partial charge is 0.495 e. The van der Waals surface area contributed by atoms with Crippen molar-refractivity contribution in [2.45, 2.75) is 24.4 Å². The number of nitrogens with one attached hydrogen (secondary N) is 2. The number of sulfonamides is 1. The van der Waals surface area contributed by atoms with Gasteiger partial charge in [0, 0.05) is 14.1 Å². The fraction of sp³-hybridized carbons (Fsp3) is 0.381. The van der Waals surface area contributed by atoms with Gasteiger partial charge in [-0.25, -0.2) is 12.7 Å². The Morgan fingerprint density at radius 2 is 1.73 bits per heavy atom. The number of hydrogen-bond donors (Lipinski definition) is 2. The zero-order valence-corrected chi connectivity index (χ0v) is 19.4. The Morgan fingerprint density at radius 3 is 2.30 bits per heavy atom. The number of rotatable bonds is 10. The van der Waals surface area contributed by atoms with E-state index in [0.29, 0.717) is 6.42 Å². The summed E-state index contributed by atoms with van der Waals surface area (Å²) in [5, 5.41) is 5.17. The van der Waals surface area contributed by atoms with Crippen LogP contribution in [0.25, 0.3) is 0 Å². The van der Waals surface area contributed by atoms with E-state index in [9.17, 15) is 26.4 Å². The Bertz CT molecular complexity index is 1090. The molecule has 0 fully saturated rings. The summed E-state index contributed by atoms with van der Waals surface area (Å²) in [4.78, 5) is 12.4. The number of carbonyl (C=O) groups excluding carboxylic acids is 1. The van der Waals surface area contributed by atoms with Crippen LogP contribution in [-0.2, 0) is 21.0 Å². The smallest absolute Gasteiger partial charge is 0.416 e. The Balaban J connectivity index is 2.23. The number of alkyl halides is 3. The molecular weight excluding hydrogens is 463 g/mol. The average Bonchev–Trinajstić information content (AvgIpc) is 2.75. The summed E-state index contributed by atoms with van der Waals surface area (Å²) in [6.07, 6.45) is -3.92. The van der Waals surface area contributed by atoms with Crippen LogP contribution in [0.2, 0.25) is 0 Å². The van der Waals surface area contributed by atoms with Gasteiger partial charge in [-0.05, 0) is 42.8 Å². The number of carbonyl (C=O) groups is 1. The molecule has 0 radical (unpaired) electrons. The fourth-order valence-electron chi connectivity index (χ4n) is 2.71. The molecule has 8 nitrogen and oxygen atoms in total. The molecular formula is C21H26F3N3O5S. The van der Waals surface area contributed by atoms with Gasteiger partial charge in [0.05, 0.1) is 42.1 Å². The minimum absolute atomic E-state index is 0.00401. The lowest BCUT2D eigenvalue weighted by atomic mass is 10.1. The van der Waals surface area contributed by atoms with E-state index in [2.05, 4.69) is 10.6 Å². The molecule has 1 amide bonds. The molecule has 0 bridgehead atoms. The van der Waals surface area contributed by atoms with Crippen LogP contribution in [0.5, 0.6) is 11.5 Å². The lowest BCUT2D eigenvalue weighted by molar-refractivity contribution is -0.137. The van der Waals surface area contributed by atoms with Crippen molar-refractivity contribution in [1.29, 1.82) is 0 Å². The maximum atomic E-state index is 13.1. The topological polar surface area (TPSA) is 97.0 Å². The second-order valence-electron chi connectivity index (χ2n) is 7.11. The highest BCUT2D eigenvalue weighted by Gasteiger charge is 2.31. The first-order chi connectivity index (χ1) is 15.4. The van der Waals surface area contributed by atoms with Gasteiger partial charge < -0.3 is 20.1 Å². The number of halogens is 3. The van der Waals surface area contributed by atoms with Gasteiger partial charge in [0.25, 0.3) is 0 Å². The van der Waals surface area contributed by atoms with Crippen molar-refractivity contribution in [3.8, 4) is 11.5 Å². The number of nitrogens with zero attached hydrogens (tertiary/aromatic N) is 1. The third-order valence-corrected chi connectivity index (χ3v) is 6.24. The van der Waals surface area contributed by atoms with E-state index in [1.54, 1.807) is 0 Å². The van der Waals surface area contributed by atoms with Crippen LogP contribution in [0, 0.1) is 0 Å². The van der Waals surface area contributed by atoms with Gasteiger partial charge in [0.1, 0.15) is 11.5 Å². The van der Waals surface area contributed by atoms with E-state index in [0.717, 1.165) is 16.4 Å². The maximum Gasteiger partial charge on any atom is 0.416 e. The van der Waals surface area contributed by atoms with Gasteiger partial charge in [-0.2, -0.15) is 13.2 Å². The second-order valence-corrected chi connectivity index (χ2v) is 9.26. The zero-order valence-electron chi connectivity index (χ0n) is 18.6. The summed E-state index contributed by atoms with van der Waals surface area (Å²) < 4.78 is 75.7. The van der Waals surface area contributed by atoms with Crippen LogP contribution in [0.4, 0.5) is 24.5 Å². The molecule has 2 rings (SSSR count). The Morgan fingerprint density at radius 1 is 1.06 bits per heavy atom. The number of methoxy groups -OCH3 is 1. The molecule has 2 aromatic carbocycles. The Kier molecular flexibility index (Phi) is 8.56. The number of hydrogen-bond acceptors (Lipinski definition) is 6. The number of amides is 1. The summed E-state index contributed by atoms with van der Waals surface area (Å²) in [7, 11) is 0.330. The van der Waals surface area contributed by atoms with E-state index in [-0.39, 0.29) is 34.4 Å². The van der Waals surface area contributed by atoms with Crippen molar-refractivity contribution in [2.24, 2.45) is 0 Å². The Hall–Kier alpha value is -2.99. The van der Waals surface area contributed by atoms with E-state index in [1.807, 2.05) is 6.92 Å². The first-order valence-corrected chi connectivity index (χ1v) is 11.3. The molecule has 0 aliphatic heterocycles. The fourth-order valence-corrected chi connectivity index (χ4v) is 3.64. The molecule has 33 heavy (non-hydrogen) atoms. The molecule has 0 saturated heterocycles.